The summed E-state index contributed by atoms with van der Waals surface area (Å²) >= 11 is 3.17. The van der Waals surface area contributed by atoms with Crippen LogP contribution in [0.1, 0.15) is 16.1 Å². The van der Waals surface area contributed by atoms with Gasteiger partial charge in [0.2, 0.25) is 5.88 Å². The molecular weight excluding hydrogens is 296 g/mol. The molecule has 0 radical (unpaired) electrons. The minimum absolute atomic E-state index is 0.423. The number of nitrogens with zero attached hydrogens (tertiary/aromatic N) is 2. The molecule has 0 spiro atoms. The van der Waals surface area contributed by atoms with Crippen molar-refractivity contribution >= 4 is 22.2 Å². The molecule has 1 aromatic heterocycles. The minimum Gasteiger partial charge on any atom is -0.472 e. The second-order valence-electron chi connectivity index (χ2n) is 3.59. The zero-order valence-electron chi connectivity index (χ0n) is 9.49. The molecule has 1 unspecified atom stereocenters. The van der Waals surface area contributed by atoms with E-state index in [0.29, 0.717) is 18.2 Å². The van der Waals surface area contributed by atoms with E-state index in [1.165, 1.54) is 12.4 Å². The molecule has 1 atom stereocenters. The van der Waals surface area contributed by atoms with Gasteiger partial charge in [-0.15, -0.1) is 0 Å². The van der Waals surface area contributed by atoms with E-state index in [-0.39, 0.29) is 0 Å². The molecule has 0 bridgehead atoms. The smallest absolute Gasteiger partial charge is 0.232 e. The summed E-state index contributed by atoms with van der Waals surface area (Å²) < 4.78 is 5.48. The van der Waals surface area contributed by atoms with Crippen LogP contribution in [-0.2, 0) is 11.4 Å². The molecule has 1 aromatic carbocycles. The van der Waals surface area contributed by atoms with Crippen molar-refractivity contribution in [1.82, 2.24) is 9.97 Å². The summed E-state index contributed by atoms with van der Waals surface area (Å²) in [5.41, 5.74) is 1.63. The highest BCUT2D eigenvalue weighted by molar-refractivity contribution is 9.09. The Hall–Kier alpha value is -1.75. The summed E-state index contributed by atoms with van der Waals surface area (Å²) in [5.74, 6) is 0.438. The van der Waals surface area contributed by atoms with Gasteiger partial charge in [0.1, 0.15) is 17.7 Å². The molecule has 0 saturated carbocycles. The van der Waals surface area contributed by atoms with Crippen LogP contribution < -0.4 is 4.74 Å². The fourth-order valence-corrected chi connectivity index (χ4v) is 1.58. The Morgan fingerprint density at radius 1 is 1.22 bits per heavy atom. The lowest BCUT2D eigenvalue weighted by Gasteiger charge is -2.06. The van der Waals surface area contributed by atoms with Crippen molar-refractivity contribution in [3.8, 4) is 5.88 Å². The lowest BCUT2D eigenvalue weighted by atomic mass is 10.2. The third-order valence-electron chi connectivity index (χ3n) is 2.28. The van der Waals surface area contributed by atoms with Gasteiger partial charge in [0.05, 0.1) is 18.1 Å². The van der Waals surface area contributed by atoms with E-state index in [1.54, 1.807) is 0 Å². The lowest BCUT2D eigenvalue weighted by molar-refractivity contribution is -0.107. The topological polar surface area (TPSA) is 52.1 Å². The molecule has 0 fully saturated rings. The summed E-state index contributed by atoms with van der Waals surface area (Å²) in [6.07, 6.45) is 3.79. The van der Waals surface area contributed by atoms with Crippen LogP contribution in [0.4, 0.5) is 0 Å². The van der Waals surface area contributed by atoms with Gasteiger partial charge in [0, 0.05) is 0 Å². The van der Waals surface area contributed by atoms with Crippen LogP contribution in [0.5, 0.6) is 5.88 Å². The van der Waals surface area contributed by atoms with Crippen LogP contribution in [0, 0.1) is 0 Å². The highest BCUT2D eigenvalue weighted by Gasteiger charge is 2.07. The Balaban J connectivity index is 1.96. The summed E-state index contributed by atoms with van der Waals surface area (Å²) in [4.78, 5) is 18.3. The number of benzene rings is 1. The molecule has 2 aromatic rings. The van der Waals surface area contributed by atoms with Crippen molar-refractivity contribution in [3.05, 3.63) is 54.0 Å². The van der Waals surface area contributed by atoms with E-state index < -0.39 is 4.83 Å². The Labute approximate surface area is 113 Å². The van der Waals surface area contributed by atoms with E-state index in [1.807, 2.05) is 30.3 Å². The minimum atomic E-state index is -0.423. The van der Waals surface area contributed by atoms with Crippen LogP contribution in [0.15, 0.2) is 42.7 Å². The zero-order chi connectivity index (χ0) is 12.8. The Morgan fingerprint density at radius 2 is 2.00 bits per heavy atom. The van der Waals surface area contributed by atoms with Crippen molar-refractivity contribution in [2.75, 3.05) is 0 Å². The Morgan fingerprint density at radius 3 is 2.61 bits per heavy atom. The predicted molar refractivity (Wildman–Crippen MR) is 70.5 cm³/mol. The molecule has 0 saturated heterocycles. The second-order valence-corrected chi connectivity index (χ2v) is 4.58. The maximum absolute atomic E-state index is 10.6. The van der Waals surface area contributed by atoms with Gasteiger partial charge in [0.15, 0.2) is 0 Å². The van der Waals surface area contributed by atoms with Gasteiger partial charge in [0.25, 0.3) is 0 Å². The summed E-state index contributed by atoms with van der Waals surface area (Å²) in [5, 5.41) is 0. The molecule has 92 valence electrons. The quantitative estimate of drug-likeness (QED) is 0.629. The molecule has 0 N–H and O–H groups in total. The first-order chi connectivity index (χ1) is 8.79. The predicted octanol–water partition coefficient (Wildman–Crippen LogP) is 2.69. The number of alkyl halides is 1. The molecule has 2 rings (SSSR count). The third-order valence-corrected chi connectivity index (χ3v) is 2.96. The van der Waals surface area contributed by atoms with E-state index in [9.17, 15) is 4.79 Å². The first-order valence-corrected chi connectivity index (χ1v) is 6.29. The summed E-state index contributed by atoms with van der Waals surface area (Å²) in [6, 6.07) is 9.80. The second kappa shape index (κ2) is 6.26. The first-order valence-electron chi connectivity index (χ1n) is 5.37. The lowest BCUT2D eigenvalue weighted by Crippen LogP contribution is -2.00. The fourth-order valence-electron chi connectivity index (χ4n) is 1.34. The van der Waals surface area contributed by atoms with E-state index in [4.69, 9.17) is 4.74 Å². The van der Waals surface area contributed by atoms with Crippen LogP contribution in [0.25, 0.3) is 0 Å². The molecule has 4 nitrogen and oxygen atoms in total. The molecule has 1 heterocycles. The Kier molecular flexibility index (Phi) is 4.41. The number of carbonyl (C=O) groups is 1. The van der Waals surface area contributed by atoms with Crippen molar-refractivity contribution in [2.45, 2.75) is 11.4 Å². The van der Waals surface area contributed by atoms with Crippen molar-refractivity contribution < 1.29 is 9.53 Å². The summed E-state index contributed by atoms with van der Waals surface area (Å²) in [6.45, 7) is 0.445. The van der Waals surface area contributed by atoms with Crippen molar-refractivity contribution in [2.24, 2.45) is 0 Å². The molecule has 18 heavy (non-hydrogen) atoms. The normalized spacial score (nSPS) is 11.8. The van der Waals surface area contributed by atoms with Crippen molar-refractivity contribution in [1.29, 1.82) is 0 Å². The molecule has 0 amide bonds. The average molecular weight is 307 g/mol. The number of rotatable bonds is 5. The van der Waals surface area contributed by atoms with Gasteiger partial charge in [-0.3, -0.25) is 4.98 Å². The SMILES string of the molecule is O=CC(Br)c1cnc(OCc2ccccc2)cn1. The largest absolute Gasteiger partial charge is 0.472 e. The van der Waals surface area contributed by atoms with Crippen LogP contribution >= 0.6 is 15.9 Å². The van der Waals surface area contributed by atoms with E-state index in [0.717, 1.165) is 11.8 Å². The number of aldehydes is 1. The molecule has 0 aliphatic rings. The van der Waals surface area contributed by atoms with Crippen LogP contribution in [0.3, 0.4) is 0 Å². The van der Waals surface area contributed by atoms with Crippen molar-refractivity contribution in [3.63, 3.8) is 0 Å². The number of hydrogen-bond acceptors (Lipinski definition) is 4. The molecular formula is C13H11BrN2O2. The zero-order valence-corrected chi connectivity index (χ0v) is 11.1. The Bertz CT molecular complexity index is 502. The monoisotopic (exact) mass is 306 g/mol. The number of ether oxygens (including phenoxy) is 1. The summed E-state index contributed by atoms with van der Waals surface area (Å²) in [7, 11) is 0. The van der Waals surface area contributed by atoms with Crippen LogP contribution in [-0.4, -0.2) is 16.3 Å². The van der Waals surface area contributed by atoms with Crippen LogP contribution in [0.2, 0.25) is 0 Å². The third kappa shape index (κ3) is 3.37. The molecule has 5 heteroatoms. The first kappa shape index (κ1) is 12.7. The van der Waals surface area contributed by atoms with E-state index >= 15 is 0 Å². The van der Waals surface area contributed by atoms with Gasteiger partial charge in [-0.25, -0.2) is 4.98 Å². The van der Waals surface area contributed by atoms with Gasteiger partial charge < -0.3 is 9.53 Å². The number of carbonyl (C=O) groups excluding carboxylic acids is 1. The maximum atomic E-state index is 10.6. The van der Waals surface area contributed by atoms with E-state index in [2.05, 4.69) is 25.9 Å². The average Bonchev–Trinajstić information content (AvgIpc) is 2.46. The highest BCUT2D eigenvalue weighted by Crippen LogP contribution is 2.18. The van der Waals surface area contributed by atoms with Gasteiger partial charge >= 0.3 is 0 Å². The number of halogens is 1. The van der Waals surface area contributed by atoms with Gasteiger partial charge in [-0.2, -0.15) is 0 Å². The van der Waals surface area contributed by atoms with Gasteiger partial charge in [-0.05, 0) is 5.56 Å². The number of hydrogen-bond donors (Lipinski definition) is 0. The fraction of sp³-hybridized carbons (Fsp3) is 0.154. The number of aromatic nitrogens is 2. The molecule has 0 aliphatic heterocycles. The maximum Gasteiger partial charge on any atom is 0.232 e. The standard InChI is InChI=1S/C13H11BrN2O2/c14-11(8-17)12-6-16-13(7-15-12)18-9-10-4-2-1-3-5-10/h1-8,11H,9H2. The molecule has 0 aliphatic carbocycles. The van der Waals surface area contributed by atoms with Gasteiger partial charge in [-0.1, -0.05) is 46.3 Å². The highest BCUT2D eigenvalue weighted by atomic mass is 79.9.